The van der Waals surface area contributed by atoms with Gasteiger partial charge in [-0.2, -0.15) is 0 Å². The number of primary sulfonamides is 1. The van der Waals surface area contributed by atoms with Crippen LogP contribution in [0.2, 0.25) is 0 Å². The van der Waals surface area contributed by atoms with Crippen molar-refractivity contribution in [2.75, 3.05) is 5.32 Å². The second-order valence-corrected chi connectivity index (χ2v) is 10.2. The zero-order valence-corrected chi connectivity index (χ0v) is 20.8. The van der Waals surface area contributed by atoms with Crippen LogP contribution in [0.3, 0.4) is 0 Å². The molecule has 0 saturated heterocycles. The highest BCUT2D eigenvalue weighted by molar-refractivity contribution is 7.89. The normalized spacial score (nSPS) is 11.9. The van der Waals surface area contributed by atoms with Gasteiger partial charge in [0, 0.05) is 11.1 Å². The van der Waals surface area contributed by atoms with Crippen LogP contribution in [0, 0.1) is 5.82 Å². The fourth-order valence-corrected chi connectivity index (χ4v) is 4.87. The molecule has 4 aromatic carbocycles. The Balaban J connectivity index is 1.49. The van der Waals surface area contributed by atoms with Crippen molar-refractivity contribution in [3.63, 3.8) is 0 Å². The van der Waals surface area contributed by atoms with E-state index >= 15 is 0 Å². The number of benzene rings is 4. The fourth-order valence-electron chi connectivity index (χ4n) is 4.15. The summed E-state index contributed by atoms with van der Waals surface area (Å²) >= 11 is 5.21. The minimum Gasteiger partial charge on any atom is -0.493 e. The molecule has 0 atom stereocenters. The van der Waals surface area contributed by atoms with Gasteiger partial charge >= 0.3 is 0 Å². The molecule has 0 aliphatic rings. The van der Waals surface area contributed by atoms with E-state index in [1.54, 1.807) is 16.7 Å². The van der Waals surface area contributed by atoms with E-state index in [0.717, 1.165) is 16.3 Å². The van der Waals surface area contributed by atoms with Crippen molar-refractivity contribution in [3.05, 3.63) is 96.3 Å². The molecule has 0 spiro atoms. The molecule has 8 nitrogen and oxygen atoms in total. The molecule has 11 heteroatoms. The number of hydrogen-bond acceptors (Lipinski definition) is 5. The van der Waals surface area contributed by atoms with Gasteiger partial charge in [-0.25, -0.2) is 17.9 Å². The van der Waals surface area contributed by atoms with E-state index in [-0.39, 0.29) is 21.6 Å². The first kappa shape index (κ1) is 24.5. The maximum Gasteiger partial charge on any atom is 0.238 e. The van der Waals surface area contributed by atoms with Crippen LogP contribution in [0.5, 0.6) is 5.88 Å². The number of nitrogens with zero attached hydrogens (tertiary/aromatic N) is 3. The maximum absolute atomic E-state index is 14.2. The summed E-state index contributed by atoms with van der Waals surface area (Å²) in [4.78, 5) is -0.0955. The number of halogens is 1. The van der Waals surface area contributed by atoms with Crippen LogP contribution in [-0.2, 0) is 16.6 Å². The lowest BCUT2D eigenvalue weighted by atomic mass is 10.0. The molecule has 186 valence electrons. The van der Waals surface area contributed by atoms with Crippen LogP contribution in [0.25, 0.3) is 21.7 Å². The number of sulfonamides is 1. The molecule has 0 aliphatic carbocycles. The van der Waals surface area contributed by atoms with Gasteiger partial charge in [0.1, 0.15) is 5.82 Å². The Morgan fingerprint density at radius 1 is 1.00 bits per heavy atom. The second-order valence-electron chi connectivity index (χ2n) is 8.26. The van der Waals surface area contributed by atoms with Crippen molar-refractivity contribution in [2.45, 2.75) is 11.4 Å². The van der Waals surface area contributed by atoms with E-state index in [2.05, 4.69) is 15.5 Å². The number of anilines is 1. The molecule has 0 amide bonds. The SMILES string of the molecule is NS(=O)(=O)c1cccc(NC(=S)N=Nc2c(O)n(Cc3cccc4ccccc34)c3ccc(F)cc23)c1. The van der Waals surface area contributed by atoms with Gasteiger partial charge < -0.3 is 15.0 Å². The quantitative estimate of drug-likeness (QED) is 0.194. The van der Waals surface area contributed by atoms with Crippen LogP contribution in [0.4, 0.5) is 15.8 Å². The standard InChI is InChI=1S/C26H20FN5O3S2/c27-18-11-12-23-22(13-18)24(30-31-26(36)29-19-8-4-9-20(14-19)37(28,34)35)25(33)32(23)15-17-7-3-6-16-5-1-2-10-21(16)17/h1-14,33H,15H2,(H,29,36)(H2,28,34,35). The molecule has 5 aromatic rings. The number of fused-ring (bicyclic) bond motifs is 2. The molecular weight excluding hydrogens is 513 g/mol. The lowest BCUT2D eigenvalue weighted by molar-refractivity contribution is 0.430. The zero-order valence-electron chi connectivity index (χ0n) is 19.2. The summed E-state index contributed by atoms with van der Waals surface area (Å²) < 4.78 is 39.0. The van der Waals surface area contributed by atoms with Gasteiger partial charge in [0.2, 0.25) is 21.0 Å². The number of azo groups is 1. The zero-order chi connectivity index (χ0) is 26.2. The average molecular weight is 534 g/mol. The van der Waals surface area contributed by atoms with Crippen molar-refractivity contribution in [1.29, 1.82) is 0 Å². The number of aromatic nitrogens is 1. The first-order valence-corrected chi connectivity index (χ1v) is 13.0. The molecule has 4 N–H and O–H groups in total. The van der Waals surface area contributed by atoms with Gasteiger partial charge in [0.25, 0.3) is 0 Å². The molecule has 0 radical (unpaired) electrons. The number of nitrogens with two attached hydrogens (primary N) is 1. The molecule has 5 rings (SSSR count). The molecule has 1 heterocycles. The van der Waals surface area contributed by atoms with E-state index in [0.29, 0.717) is 23.1 Å². The molecule has 0 bridgehead atoms. The van der Waals surface area contributed by atoms with Crippen molar-refractivity contribution in [1.82, 2.24) is 4.57 Å². The van der Waals surface area contributed by atoms with Crippen LogP contribution in [0.1, 0.15) is 5.56 Å². The highest BCUT2D eigenvalue weighted by atomic mass is 32.2. The highest BCUT2D eigenvalue weighted by Gasteiger charge is 2.19. The largest absolute Gasteiger partial charge is 0.493 e. The van der Waals surface area contributed by atoms with Crippen LogP contribution in [0.15, 0.2) is 100 Å². The molecular formula is C26H20FN5O3S2. The molecule has 0 unspecified atom stereocenters. The third-order valence-electron chi connectivity index (χ3n) is 5.84. The summed E-state index contributed by atoms with van der Waals surface area (Å²) in [5.41, 5.74) is 1.92. The van der Waals surface area contributed by atoms with Gasteiger partial charge in [-0.1, -0.05) is 48.5 Å². The number of rotatable bonds is 5. The minimum atomic E-state index is -3.90. The number of thiocarbonyl (C=S) groups is 1. The Morgan fingerprint density at radius 3 is 2.57 bits per heavy atom. The smallest absolute Gasteiger partial charge is 0.238 e. The minimum absolute atomic E-state index is 0.0529. The first-order chi connectivity index (χ1) is 17.7. The number of nitrogens with one attached hydrogen (secondary N) is 1. The first-order valence-electron chi connectivity index (χ1n) is 11.0. The molecule has 0 saturated carbocycles. The molecule has 1 aromatic heterocycles. The topological polar surface area (TPSA) is 122 Å². The van der Waals surface area contributed by atoms with Gasteiger partial charge in [-0.15, -0.1) is 10.2 Å². The van der Waals surface area contributed by atoms with Crippen LogP contribution >= 0.6 is 12.2 Å². The monoisotopic (exact) mass is 533 g/mol. The third kappa shape index (κ3) is 5.05. The summed E-state index contributed by atoms with van der Waals surface area (Å²) in [5.74, 6) is -0.692. The van der Waals surface area contributed by atoms with Crippen LogP contribution < -0.4 is 10.5 Å². The van der Waals surface area contributed by atoms with E-state index in [4.69, 9.17) is 17.4 Å². The number of aromatic hydroxyl groups is 1. The summed E-state index contributed by atoms with van der Waals surface area (Å²) in [7, 11) is -3.90. The predicted octanol–water partition coefficient (Wildman–Crippen LogP) is 5.82. The van der Waals surface area contributed by atoms with E-state index in [9.17, 15) is 17.9 Å². The Bertz CT molecular complexity index is 1810. The van der Waals surface area contributed by atoms with Crippen LogP contribution in [-0.4, -0.2) is 23.2 Å². The summed E-state index contributed by atoms with van der Waals surface area (Å²) in [6, 6.07) is 23.7. The lowest BCUT2D eigenvalue weighted by Crippen LogP contribution is -2.13. The summed E-state index contributed by atoms with van der Waals surface area (Å²) in [6.45, 7) is 0.313. The van der Waals surface area contributed by atoms with Crippen molar-refractivity contribution >= 4 is 60.4 Å². The summed E-state index contributed by atoms with van der Waals surface area (Å²) in [5, 5.41) is 29.5. The highest BCUT2D eigenvalue weighted by Crippen LogP contribution is 2.40. The Labute approximate surface area is 216 Å². The Hall–Kier alpha value is -4.19. The van der Waals surface area contributed by atoms with E-state index in [1.165, 1.54) is 30.3 Å². The summed E-state index contributed by atoms with van der Waals surface area (Å²) in [6.07, 6.45) is 0. The lowest BCUT2D eigenvalue weighted by Gasteiger charge is -2.10. The van der Waals surface area contributed by atoms with Gasteiger partial charge in [0.15, 0.2) is 5.69 Å². The maximum atomic E-state index is 14.2. The average Bonchev–Trinajstić information content (AvgIpc) is 3.12. The second kappa shape index (κ2) is 9.69. The Kier molecular flexibility index (Phi) is 6.42. The number of hydrogen-bond donors (Lipinski definition) is 3. The van der Waals surface area contributed by atoms with E-state index < -0.39 is 15.8 Å². The van der Waals surface area contributed by atoms with E-state index in [1.807, 2.05) is 42.5 Å². The van der Waals surface area contributed by atoms with Crippen molar-refractivity contribution in [2.24, 2.45) is 15.4 Å². The van der Waals surface area contributed by atoms with Crippen molar-refractivity contribution in [3.8, 4) is 5.88 Å². The van der Waals surface area contributed by atoms with Gasteiger partial charge in [0.05, 0.1) is 17.0 Å². The third-order valence-corrected chi connectivity index (χ3v) is 6.93. The predicted molar refractivity (Wildman–Crippen MR) is 145 cm³/mol. The molecule has 0 aliphatic heterocycles. The molecule has 0 fully saturated rings. The fraction of sp³-hybridized carbons (Fsp3) is 0.0385. The van der Waals surface area contributed by atoms with Crippen molar-refractivity contribution < 1.29 is 17.9 Å². The van der Waals surface area contributed by atoms with Gasteiger partial charge in [-0.05, 0) is 65.0 Å². The van der Waals surface area contributed by atoms with Gasteiger partial charge in [-0.3, -0.25) is 0 Å². The molecule has 37 heavy (non-hydrogen) atoms. The Morgan fingerprint density at radius 2 is 1.76 bits per heavy atom.